The fraction of sp³-hybridized carbons (Fsp3) is 0.154. The van der Waals surface area contributed by atoms with Crippen LogP contribution < -0.4 is 10.6 Å². The highest BCUT2D eigenvalue weighted by atomic mass is 16.2. The molecular weight excluding hydrogens is 416 g/mol. The lowest BCUT2D eigenvalue weighted by atomic mass is 9.91. The van der Waals surface area contributed by atoms with Crippen LogP contribution in [-0.2, 0) is 15.1 Å². The molecule has 0 saturated carbocycles. The van der Waals surface area contributed by atoms with Gasteiger partial charge in [-0.1, -0.05) is 54.1 Å². The minimum atomic E-state index is -1.21. The summed E-state index contributed by atoms with van der Waals surface area (Å²) in [5, 5.41) is 5.48. The third-order valence-corrected chi connectivity index (χ3v) is 5.51. The van der Waals surface area contributed by atoms with Crippen molar-refractivity contribution in [1.82, 2.24) is 15.2 Å². The van der Waals surface area contributed by atoms with E-state index in [0.29, 0.717) is 11.3 Å². The van der Waals surface area contributed by atoms with E-state index < -0.39 is 23.4 Å². The summed E-state index contributed by atoms with van der Waals surface area (Å²) < 4.78 is 0. The average molecular weight is 441 g/mol. The van der Waals surface area contributed by atoms with Crippen LogP contribution in [-0.4, -0.2) is 34.3 Å². The summed E-state index contributed by atoms with van der Waals surface area (Å²) in [6.45, 7) is 3.22. The average Bonchev–Trinajstić information content (AvgIpc) is 3.03. The molecule has 1 saturated heterocycles. The number of hydrogen-bond acceptors (Lipinski definition) is 4. The number of carbonyl (C=O) groups excluding carboxylic acids is 3. The van der Waals surface area contributed by atoms with Crippen LogP contribution in [0.1, 0.15) is 29.3 Å². The van der Waals surface area contributed by atoms with Crippen molar-refractivity contribution in [2.75, 3.05) is 11.9 Å². The van der Waals surface area contributed by atoms with Crippen molar-refractivity contribution in [3.05, 3.63) is 95.3 Å². The predicted molar refractivity (Wildman–Crippen MR) is 127 cm³/mol. The second-order valence-corrected chi connectivity index (χ2v) is 8.07. The largest absolute Gasteiger partial charge is 0.325 e. The molecule has 0 bridgehead atoms. The lowest BCUT2D eigenvalue weighted by molar-refractivity contribution is -0.133. The first-order chi connectivity index (χ1) is 15.8. The SMILES string of the molecule is Cc1ccc(C2(C)NC(=O)N(CC(=O)Nc3cccc(/C=C/c4ccccn4)c3)C2=O)cc1. The number of carbonyl (C=O) groups is 3. The number of pyridine rings is 1. The van der Waals surface area contributed by atoms with Gasteiger partial charge in [-0.05, 0) is 55.3 Å². The maximum atomic E-state index is 13.0. The van der Waals surface area contributed by atoms with Crippen LogP contribution in [0.4, 0.5) is 10.5 Å². The maximum absolute atomic E-state index is 13.0. The molecule has 7 heteroatoms. The van der Waals surface area contributed by atoms with E-state index >= 15 is 0 Å². The molecule has 4 rings (SSSR count). The van der Waals surface area contributed by atoms with Gasteiger partial charge in [0.15, 0.2) is 0 Å². The summed E-state index contributed by atoms with van der Waals surface area (Å²) in [4.78, 5) is 43.3. The van der Waals surface area contributed by atoms with Crippen LogP contribution in [0.2, 0.25) is 0 Å². The third kappa shape index (κ3) is 4.82. The van der Waals surface area contributed by atoms with Gasteiger partial charge >= 0.3 is 6.03 Å². The summed E-state index contributed by atoms with van der Waals surface area (Å²) >= 11 is 0. The fourth-order valence-corrected chi connectivity index (χ4v) is 3.64. The Morgan fingerprint density at radius 3 is 2.58 bits per heavy atom. The number of anilines is 1. The minimum Gasteiger partial charge on any atom is -0.325 e. The Balaban J connectivity index is 1.42. The minimum absolute atomic E-state index is 0.375. The molecule has 166 valence electrons. The van der Waals surface area contributed by atoms with Gasteiger partial charge in [0.25, 0.3) is 5.91 Å². The van der Waals surface area contributed by atoms with E-state index in [4.69, 9.17) is 0 Å². The van der Waals surface area contributed by atoms with Crippen molar-refractivity contribution >= 4 is 35.7 Å². The van der Waals surface area contributed by atoms with Crippen LogP contribution in [0, 0.1) is 6.92 Å². The van der Waals surface area contributed by atoms with Crippen molar-refractivity contribution in [2.24, 2.45) is 0 Å². The van der Waals surface area contributed by atoms with E-state index in [9.17, 15) is 14.4 Å². The Morgan fingerprint density at radius 1 is 1.06 bits per heavy atom. The van der Waals surface area contributed by atoms with E-state index in [1.165, 1.54) is 0 Å². The van der Waals surface area contributed by atoms with Crippen LogP contribution >= 0.6 is 0 Å². The first kappa shape index (κ1) is 22.0. The summed E-state index contributed by atoms with van der Waals surface area (Å²) in [5.74, 6) is -0.920. The van der Waals surface area contributed by atoms with Crippen molar-refractivity contribution in [3.63, 3.8) is 0 Å². The van der Waals surface area contributed by atoms with Gasteiger partial charge in [-0.15, -0.1) is 0 Å². The number of aryl methyl sites for hydroxylation is 1. The quantitative estimate of drug-likeness (QED) is 0.568. The molecule has 2 N–H and O–H groups in total. The molecule has 1 aliphatic heterocycles. The van der Waals surface area contributed by atoms with E-state index in [0.717, 1.165) is 21.7 Å². The van der Waals surface area contributed by atoms with Crippen molar-refractivity contribution in [1.29, 1.82) is 0 Å². The lowest BCUT2D eigenvalue weighted by Crippen LogP contribution is -2.42. The number of rotatable bonds is 6. The zero-order valence-corrected chi connectivity index (χ0v) is 18.4. The van der Waals surface area contributed by atoms with Crippen molar-refractivity contribution < 1.29 is 14.4 Å². The maximum Gasteiger partial charge on any atom is 0.325 e. The number of imide groups is 1. The molecule has 1 aliphatic rings. The van der Waals surface area contributed by atoms with E-state index in [-0.39, 0.29) is 6.54 Å². The molecule has 3 aromatic rings. The third-order valence-electron chi connectivity index (χ3n) is 5.51. The van der Waals surface area contributed by atoms with Crippen molar-refractivity contribution in [3.8, 4) is 0 Å². The number of hydrogen-bond donors (Lipinski definition) is 2. The number of nitrogens with zero attached hydrogens (tertiary/aromatic N) is 2. The Morgan fingerprint density at radius 2 is 1.85 bits per heavy atom. The molecule has 0 spiro atoms. The molecule has 4 amide bonds. The van der Waals surface area contributed by atoms with Gasteiger partial charge in [0.1, 0.15) is 12.1 Å². The summed E-state index contributed by atoms with van der Waals surface area (Å²) in [7, 11) is 0. The number of amides is 4. The van der Waals surface area contributed by atoms with Gasteiger partial charge in [-0.2, -0.15) is 0 Å². The summed E-state index contributed by atoms with van der Waals surface area (Å²) in [5.41, 5.74) is 2.77. The van der Waals surface area contributed by atoms with Gasteiger partial charge in [0, 0.05) is 11.9 Å². The van der Waals surface area contributed by atoms with Crippen LogP contribution in [0.3, 0.4) is 0 Å². The zero-order valence-electron chi connectivity index (χ0n) is 18.4. The molecule has 0 radical (unpaired) electrons. The highest BCUT2D eigenvalue weighted by Gasteiger charge is 2.49. The van der Waals surface area contributed by atoms with E-state index in [1.807, 2.05) is 61.5 Å². The highest BCUT2D eigenvalue weighted by molar-refractivity contribution is 6.10. The lowest BCUT2D eigenvalue weighted by Gasteiger charge is -2.22. The second-order valence-electron chi connectivity index (χ2n) is 8.07. The molecule has 0 aliphatic carbocycles. The van der Waals surface area contributed by atoms with E-state index in [1.54, 1.807) is 37.4 Å². The van der Waals surface area contributed by atoms with Crippen LogP contribution in [0.25, 0.3) is 12.2 Å². The highest BCUT2D eigenvalue weighted by Crippen LogP contribution is 2.29. The first-order valence-corrected chi connectivity index (χ1v) is 10.6. The zero-order chi connectivity index (χ0) is 23.4. The smallest absolute Gasteiger partial charge is 0.325 e. The Hall–Kier alpha value is -4.26. The fourth-order valence-electron chi connectivity index (χ4n) is 3.64. The summed E-state index contributed by atoms with van der Waals surface area (Å²) in [6.07, 6.45) is 5.48. The normalized spacial score (nSPS) is 17.9. The Kier molecular flexibility index (Phi) is 6.04. The predicted octanol–water partition coefficient (Wildman–Crippen LogP) is 3.97. The van der Waals surface area contributed by atoms with Gasteiger partial charge < -0.3 is 10.6 Å². The molecule has 33 heavy (non-hydrogen) atoms. The molecule has 2 aromatic carbocycles. The van der Waals surface area contributed by atoms with Crippen molar-refractivity contribution in [2.45, 2.75) is 19.4 Å². The molecule has 2 heterocycles. The second kappa shape index (κ2) is 9.08. The molecule has 1 unspecified atom stereocenters. The molecule has 7 nitrogen and oxygen atoms in total. The van der Waals surface area contributed by atoms with Gasteiger partial charge in [0.05, 0.1) is 5.69 Å². The molecule has 1 aromatic heterocycles. The number of aromatic nitrogens is 1. The molecule has 1 atom stereocenters. The Bertz CT molecular complexity index is 1220. The molecular formula is C26H24N4O3. The van der Waals surface area contributed by atoms with E-state index in [2.05, 4.69) is 15.6 Å². The standard InChI is InChI=1S/C26H24N4O3/c1-18-9-12-20(13-10-18)26(2)24(32)30(25(33)29-26)17-23(31)28-22-8-5-6-19(16-22)11-14-21-7-3-4-15-27-21/h3-16H,17H2,1-2H3,(H,28,31)(H,29,33)/b14-11+. The van der Waals surface area contributed by atoms with Gasteiger partial charge in [-0.3, -0.25) is 19.5 Å². The van der Waals surface area contributed by atoms with Crippen LogP contribution in [0.15, 0.2) is 72.9 Å². The van der Waals surface area contributed by atoms with Crippen LogP contribution in [0.5, 0.6) is 0 Å². The van der Waals surface area contributed by atoms with Gasteiger partial charge in [-0.25, -0.2) is 4.79 Å². The monoisotopic (exact) mass is 440 g/mol. The number of nitrogens with one attached hydrogen (secondary N) is 2. The van der Waals surface area contributed by atoms with Gasteiger partial charge in [0.2, 0.25) is 5.91 Å². The molecule has 1 fully saturated rings. The topological polar surface area (TPSA) is 91.4 Å². The number of urea groups is 1. The first-order valence-electron chi connectivity index (χ1n) is 10.6. The Labute approximate surface area is 192 Å². The summed E-state index contributed by atoms with van der Waals surface area (Å²) in [6, 6.07) is 19.7. The number of benzene rings is 2.